The second-order valence-corrected chi connectivity index (χ2v) is 8.09. The molecule has 9 heteroatoms. The number of anilines is 3. The third-order valence-corrected chi connectivity index (χ3v) is 6.01. The van der Waals surface area contributed by atoms with Crippen LogP contribution in [0.3, 0.4) is 0 Å². The summed E-state index contributed by atoms with van der Waals surface area (Å²) in [5.41, 5.74) is 5.69. The van der Waals surface area contributed by atoms with E-state index in [9.17, 15) is 0 Å². The number of morpholine rings is 1. The normalized spacial score (nSPS) is 14.2. The minimum Gasteiger partial charge on any atom is -0.378 e. The molecule has 0 aliphatic carbocycles. The quantitative estimate of drug-likeness (QED) is 0.477. The standard InChI is InChI=1S/C22H23N7OS/c1-28-14-25-20-17(11-23-12-18(20)28)21-22(31-2)27-19(13-24-21)26-15-3-5-16(6-4-15)29-7-9-30-10-8-29/h3-6,11-14H,7-10H2,1-2H3,(H,26,27). The molecule has 1 saturated heterocycles. The minimum absolute atomic E-state index is 0.702. The minimum atomic E-state index is 0.702. The second-order valence-electron chi connectivity index (χ2n) is 7.29. The first-order chi connectivity index (χ1) is 15.2. The number of rotatable bonds is 5. The molecule has 0 unspecified atom stereocenters. The average molecular weight is 434 g/mol. The zero-order chi connectivity index (χ0) is 21.2. The van der Waals surface area contributed by atoms with Gasteiger partial charge in [0.05, 0.1) is 37.5 Å². The average Bonchev–Trinajstić information content (AvgIpc) is 3.21. The number of ether oxygens (including phenoxy) is 1. The number of benzene rings is 1. The largest absolute Gasteiger partial charge is 0.378 e. The third-order valence-electron chi connectivity index (χ3n) is 5.34. The van der Waals surface area contributed by atoms with Crippen LogP contribution in [0.25, 0.3) is 22.3 Å². The van der Waals surface area contributed by atoms with Gasteiger partial charge in [-0.05, 0) is 30.5 Å². The summed E-state index contributed by atoms with van der Waals surface area (Å²) >= 11 is 1.56. The molecule has 0 amide bonds. The SMILES string of the molecule is CSc1nc(Nc2ccc(N3CCOCC3)cc2)cnc1-c1cncc2c1ncn2C. The van der Waals surface area contributed by atoms with Gasteiger partial charge in [0.25, 0.3) is 0 Å². The number of imidazole rings is 1. The van der Waals surface area contributed by atoms with Gasteiger partial charge in [-0.1, -0.05) is 0 Å². The van der Waals surface area contributed by atoms with Crippen molar-refractivity contribution in [1.29, 1.82) is 0 Å². The highest BCUT2D eigenvalue weighted by Gasteiger charge is 2.16. The first-order valence-electron chi connectivity index (χ1n) is 10.1. The fourth-order valence-electron chi connectivity index (χ4n) is 3.70. The van der Waals surface area contributed by atoms with Crippen LogP contribution >= 0.6 is 11.8 Å². The Bertz CT molecular complexity index is 1200. The Morgan fingerprint density at radius 2 is 1.84 bits per heavy atom. The summed E-state index contributed by atoms with van der Waals surface area (Å²) in [7, 11) is 1.96. The summed E-state index contributed by atoms with van der Waals surface area (Å²) in [5.74, 6) is 0.702. The summed E-state index contributed by atoms with van der Waals surface area (Å²) in [6, 6.07) is 8.38. The molecule has 4 heterocycles. The maximum absolute atomic E-state index is 5.43. The van der Waals surface area contributed by atoms with Crippen molar-refractivity contribution in [3.63, 3.8) is 0 Å². The fraction of sp³-hybridized carbons (Fsp3) is 0.273. The molecule has 1 aliphatic rings. The molecule has 4 aromatic rings. The van der Waals surface area contributed by atoms with E-state index in [2.05, 4.69) is 44.5 Å². The molecule has 0 saturated carbocycles. The van der Waals surface area contributed by atoms with E-state index in [1.165, 1.54) is 5.69 Å². The number of aryl methyl sites for hydroxylation is 1. The molecule has 0 radical (unpaired) electrons. The number of thioether (sulfide) groups is 1. The molecule has 1 aromatic carbocycles. The molecular formula is C22H23N7OS. The predicted octanol–water partition coefficient (Wildman–Crippen LogP) is 3.73. The van der Waals surface area contributed by atoms with E-state index < -0.39 is 0 Å². The first kappa shape index (κ1) is 19.8. The smallest absolute Gasteiger partial charge is 0.150 e. The fourth-order valence-corrected chi connectivity index (χ4v) is 4.25. The van der Waals surface area contributed by atoms with Gasteiger partial charge in [-0.25, -0.2) is 15.0 Å². The van der Waals surface area contributed by atoms with E-state index in [4.69, 9.17) is 14.7 Å². The Labute approximate surface area is 184 Å². The number of aromatic nitrogens is 5. The van der Waals surface area contributed by atoms with E-state index in [1.807, 2.05) is 24.1 Å². The summed E-state index contributed by atoms with van der Waals surface area (Å²) in [5, 5.41) is 4.19. The highest BCUT2D eigenvalue weighted by molar-refractivity contribution is 7.98. The van der Waals surface area contributed by atoms with E-state index in [-0.39, 0.29) is 0 Å². The summed E-state index contributed by atoms with van der Waals surface area (Å²) in [4.78, 5) is 20.7. The van der Waals surface area contributed by atoms with Crippen LogP contribution in [0, 0.1) is 0 Å². The lowest BCUT2D eigenvalue weighted by atomic mass is 10.2. The maximum atomic E-state index is 5.43. The molecule has 8 nitrogen and oxygen atoms in total. The van der Waals surface area contributed by atoms with Crippen LogP contribution in [0.5, 0.6) is 0 Å². The van der Waals surface area contributed by atoms with Crippen molar-refractivity contribution in [2.24, 2.45) is 7.05 Å². The lowest BCUT2D eigenvalue weighted by Gasteiger charge is -2.28. The Morgan fingerprint density at radius 3 is 2.61 bits per heavy atom. The van der Waals surface area contributed by atoms with Crippen LogP contribution in [0.15, 0.2) is 54.2 Å². The molecule has 1 fully saturated rings. The predicted molar refractivity (Wildman–Crippen MR) is 124 cm³/mol. The summed E-state index contributed by atoms with van der Waals surface area (Å²) in [6.07, 6.45) is 9.16. The third kappa shape index (κ3) is 3.94. The molecule has 0 atom stereocenters. The monoisotopic (exact) mass is 433 g/mol. The lowest BCUT2D eigenvalue weighted by molar-refractivity contribution is 0.122. The van der Waals surface area contributed by atoms with Crippen molar-refractivity contribution >= 4 is 40.0 Å². The number of fused-ring (bicyclic) bond motifs is 1. The van der Waals surface area contributed by atoms with Crippen LogP contribution in [0.4, 0.5) is 17.2 Å². The van der Waals surface area contributed by atoms with Gasteiger partial charge in [-0.3, -0.25) is 4.98 Å². The van der Waals surface area contributed by atoms with Crippen LogP contribution < -0.4 is 10.2 Å². The Morgan fingerprint density at radius 1 is 1.03 bits per heavy atom. The van der Waals surface area contributed by atoms with Gasteiger partial charge in [0, 0.05) is 43.3 Å². The van der Waals surface area contributed by atoms with Crippen LogP contribution in [-0.4, -0.2) is 57.1 Å². The van der Waals surface area contributed by atoms with Gasteiger partial charge < -0.3 is 19.5 Å². The van der Waals surface area contributed by atoms with Crippen LogP contribution in [-0.2, 0) is 11.8 Å². The zero-order valence-corrected chi connectivity index (χ0v) is 18.3. The van der Waals surface area contributed by atoms with E-state index in [1.54, 1.807) is 30.5 Å². The zero-order valence-electron chi connectivity index (χ0n) is 17.4. The molecule has 31 heavy (non-hydrogen) atoms. The van der Waals surface area contributed by atoms with Gasteiger partial charge in [-0.15, -0.1) is 11.8 Å². The second kappa shape index (κ2) is 8.52. The van der Waals surface area contributed by atoms with Crippen molar-refractivity contribution < 1.29 is 4.74 Å². The van der Waals surface area contributed by atoms with Gasteiger partial charge in [0.1, 0.15) is 22.1 Å². The number of hydrogen-bond acceptors (Lipinski definition) is 8. The number of nitrogens with zero attached hydrogens (tertiary/aromatic N) is 6. The first-order valence-corrected chi connectivity index (χ1v) is 11.3. The van der Waals surface area contributed by atoms with Gasteiger partial charge >= 0.3 is 0 Å². The van der Waals surface area contributed by atoms with E-state index in [0.29, 0.717) is 5.82 Å². The maximum Gasteiger partial charge on any atom is 0.150 e. The Hall–Kier alpha value is -3.17. The van der Waals surface area contributed by atoms with E-state index >= 15 is 0 Å². The van der Waals surface area contributed by atoms with Gasteiger partial charge in [-0.2, -0.15) is 0 Å². The highest BCUT2D eigenvalue weighted by Crippen LogP contribution is 2.32. The molecule has 158 valence electrons. The van der Waals surface area contributed by atoms with Crippen LogP contribution in [0.2, 0.25) is 0 Å². The van der Waals surface area contributed by atoms with Crippen LogP contribution in [0.1, 0.15) is 0 Å². The van der Waals surface area contributed by atoms with Crippen molar-refractivity contribution in [1.82, 2.24) is 24.5 Å². The number of hydrogen-bond donors (Lipinski definition) is 1. The molecule has 3 aromatic heterocycles. The molecule has 1 aliphatic heterocycles. The summed E-state index contributed by atoms with van der Waals surface area (Å²) in [6.45, 7) is 3.41. The lowest BCUT2D eigenvalue weighted by Crippen LogP contribution is -2.36. The van der Waals surface area contributed by atoms with E-state index in [0.717, 1.165) is 59.3 Å². The van der Waals surface area contributed by atoms with Crippen molar-refractivity contribution in [2.45, 2.75) is 5.03 Å². The molecular weight excluding hydrogens is 410 g/mol. The Kier molecular flexibility index (Phi) is 5.44. The number of pyridine rings is 1. The topological polar surface area (TPSA) is 81.0 Å². The summed E-state index contributed by atoms with van der Waals surface area (Å²) < 4.78 is 7.38. The van der Waals surface area contributed by atoms with Gasteiger partial charge in [0.15, 0.2) is 0 Å². The molecule has 1 N–H and O–H groups in total. The van der Waals surface area contributed by atoms with Crippen molar-refractivity contribution in [3.05, 3.63) is 49.2 Å². The molecule has 0 spiro atoms. The Balaban J connectivity index is 1.40. The van der Waals surface area contributed by atoms with Gasteiger partial charge in [0.2, 0.25) is 0 Å². The molecule has 5 rings (SSSR count). The highest BCUT2D eigenvalue weighted by atomic mass is 32.2. The van der Waals surface area contributed by atoms with Crippen molar-refractivity contribution in [2.75, 3.05) is 42.8 Å². The number of nitrogens with one attached hydrogen (secondary N) is 1. The molecule has 0 bridgehead atoms. The van der Waals surface area contributed by atoms with Crippen molar-refractivity contribution in [3.8, 4) is 11.3 Å².